The highest BCUT2D eigenvalue weighted by molar-refractivity contribution is 5.85. The summed E-state index contributed by atoms with van der Waals surface area (Å²) in [7, 11) is 1.64. The van der Waals surface area contributed by atoms with Crippen LogP contribution in [-0.4, -0.2) is 31.3 Å². The second-order valence-corrected chi connectivity index (χ2v) is 6.53. The van der Waals surface area contributed by atoms with Gasteiger partial charge in [-0.1, -0.05) is 12.8 Å². The van der Waals surface area contributed by atoms with E-state index < -0.39 is 11.4 Å². The summed E-state index contributed by atoms with van der Waals surface area (Å²) in [4.78, 5) is 14.5. The van der Waals surface area contributed by atoms with Crippen molar-refractivity contribution in [2.24, 2.45) is 0 Å². The van der Waals surface area contributed by atoms with Crippen molar-refractivity contribution in [1.82, 2.24) is 0 Å². The molecule has 1 aromatic carbocycles. The van der Waals surface area contributed by atoms with Crippen LogP contribution >= 0.6 is 0 Å². The molecule has 4 nitrogen and oxygen atoms in total. The van der Waals surface area contributed by atoms with Crippen molar-refractivity contribution in [2.75, 3.05) is 25.1 Å². The molecular weight excluding hydrogens is 278 g/mol. The first-order valence-electron chi connectivity index (χ1n) is 8.34. The third-order valence-electron chi connectivity index (χ3n) is 5.28. The van der Waals surface area contributed by atoms with Gasteiger partial charge in [0.1, 0.15) is 5.75 Å². The number of ether oxygens (including phenoxy) is 1. The lowest BCUT2D eigenvalue weighted by Gasteiger charge is -2.35. The first-order chi connectivity index (χ1) is 10.7. The van der Waals surface area contributed by atoms with E-state index in [4.69, 9.17) is 4.74 Å². The molecule has 0 aromatic heterocycles. The normalized spacial score (nSPS) is 20.9. The fourth-order valence-electron chi connectivity index (χ4n) is 4.01. The number of piperidine rings is 1. The highest BCUT2D eigenvalue weighted by Gasteiger charge is 2.45. The van der Waals surface area contributed by atoms with E-state index in [1.807, 2.05) is 12.1 Å². The molecule has 120 valence electrons. The third-order valence-corrected chi connectivity index (χ3v) is 5.28. The highest BCUT2D eigenvalue weighted by atomic mass is 16.5. The molecule has 3 rings (SSSR count). The molecule has 1 saturated carbocycles. The molecule has 1 aliphatic carbocycles. The Morgan fingerprint density at radius 1 is 1.14 bits per heavy atom. The number of carboxylic acid groups (broad SMARTS) is 1. The summed E-state index contributed by atoms with van der Waals surface area (Å²) in [6.07, 6.45) is 7.09. The lowest BCUT2D eigenvalue weighted by atomic mass is 9.77. The minimum atomic E-state index is -0.735. The monoisotopic (exact) mass is 303 g/mol. The number of benzene rings is 1. The van der Waals surface area contributed by atoms with E-state index in [-0.39, 0.29) is 0 Å². The maximum absolute atomic E-state index is 12.1. The molecule has 2 fully saturated rings. The van der Waals surface area contributed by atoms with E-state index in [0.717, 1.165) is 55.8 Å². The molecular formula is C18H25NO3. The Morgan fingerprint density at radius 2 is 1.82 bits per heavy atom. The number of anilines is 1. The Kier molecular flexibility index (Phi) is 4.27. The van der Waals surface area contributed by atoms with Gasteiger partial charge in [-0.25, -0.2) is 0 Å². The predicted molar refractivity (Wildman–Crippen MR) is 86.8 cm³/mol. The van der Waals surface area contributed by atoms with Crippen molar-refractivity contribution in [2.45, 2.75) is 50.4 Å². The van der Waals surface area contributed by atoms with Gasteiger partial charge in [-0.3, -0.25) is 4.79 Å². The lowest BCUT2D eigenvalue weighted by Crippen LogP contribution is -2.37. The van der Waals surface area contributed by atoms with Crippen LogP contribution in [-0.2, 0) is 10.2 Å². The molecule has 1 aromatic rings. The molecule has 2 aliphatic rings. The third kappa shape index (κ3) is 2.55. The van der Waals surface area contributed by atoms with Crippen LogP contribution in [0.5, 0.6) is 5.75 Å². The fraction of sp³-hybridized carbons (Fsp3) is 0.611. The van der Waals surface area contributed by atoms with Crippen molar-refractivity contribution in [1.29, 1.82) is 0 Å². The second kappa shape index (κ2) is 6.19. The van der Waals surface area contributed by atoms with E-state index in [1.165, 1.54) is 19.3 Å². The van der Waals surface area contributed by atoms with Crippen molar-refractivity contribution in [3.05, 3.63) is 23.8 Å². The number of nitrogens with zero attached hydrogens (tertiary/aromatic N) is 1. The van der Waals surface area contributed by atoms with Crippen molar-refractivity contribution in [3.8, 4) is 5.75 Å². The van der Waals surface area contributed by atoms with Gasteiger partial charge in [-0.2, -0.15) is 0 Å². The number of hydrogen-bond acceptors (Lipinski definition) is 3. The average molecular weight is 303 g/mol. The van der Waals surface area contributed by atoms with E-state index in [2.05, 4.69) is 11.0 Å². The standard InChI is InChI=1S/C18H25NO3/c1-22-14-7-8-16(19-11-5-2-6-12-19)15(13-14)18(17(20)21)9-3-4-10-18/h7-8,13H,2-6,9-12H2,1H3,(H,20,21). The summed E-state index contributed by atoms with van der Waals surface area (Å²) in [5.41, 5.74) is 1.32. The number of aliphatic carboxylic acids is 1. The zero-order chi connectivity index (χ0) is 15.6. The molecule has 0 unspecified atom stereocenters. The number of hydrogen-bond donors (Lipinski definition) is 1. The van der Waals surface area contributed by atoms with Crippen LogP contribution < -0.4 is 9.64 Å². The SMILES string of the molecule is COc1ccc(N2CCCCC2)c(C2(C(=O)O)CCCC2)c1. The Balaban J connectivity index is 2.08. The number of carbonyl (C=O) groups is 1. The first kappa shape index (κ1) is 15.2. The van der Waals surface area contributed by atoms with Gasteiger partial charge in [0.25, 0.3) is 0 Å². The molecule has 1 heterocycles. The zero-order valence-corrected chi connectivity index (χ0v) is 13.3. The van der Waals surface area contributed by atoms with E-state index in [9.17, 15) is 9.90 Å². The van der Waals surface area contributed by atoms with Gasteiger partial charge in [-0.05, 0) is 55.9 Å². The number of carboxylic acids is 1. The quantitative estimate of drug-likeness (QED) is 0.923. The summed E-state index contributed by atoms with van der Waals surface area (Å²) in [6, 6.07) is 5.98. The molecule has 0 atom stereocenters. The van der Waals surface area contributed by atoms with Crippen molar-refractivity contribution < 1.29 is 14.6 Å². The van der Waals surface area contributed by atoms with Gasteiger partial charge in [0.05, 0.1) is 12.5 Å². The van der Waals surface area contributed by atoms with Crippen molar-refractivity contribution in [3.63, 3.8) is 0 Å². The second-order valence-electron chi connectivity index (χ2n) is 6.53. The smallest absolute Gasteiger partial charge is 0.314 e. The maximum atomic E-state index is 12.1. The zero-order valence-electron chi connectivity index (χ0n) is 13.3. The van der Waals surface area contributed by atoms with Crippen LogP contribution in [0.3, 0.4) is 0 Å². The number of rotatable bonds is 4. The molecule has 1 saturated heterocycles. The Hall–Kier alpha value is -1.71. The van der Waals surface area contributed by atoms with Crippen LogP contribution in [0.25, 0.3) is 0 Å². The summed E-state index contributed by atoms with van der Waals surface area (Å²) in [6.45, 7) is 2.05. The Bertz CT molecular complexity index is 543. The van der Waals surface area contributed by atoms with Gasteiger partial charge in [-0.15, -0.1) is 0 Å². The summed E-state index contributed by atoms with van der Waals surface area (Å²) >= 11 is 0. The van der Waals surface area contributed by atoms with E-state index >= 15 is 0 Å². The van der Waals surface area contributed by atoms with Crippen molar-refractivity contribution >= 4 is 11.7 Å². The lowest BCUT2D eigenvalue weighted by molar-refractivity contribution is -0.143. The summed E-state index contributed by atoms with van der Waals surface area (Å²) < 4.78 is 5.37. The summed E-state index contributed by atoms with van der Waals surface area (Å²) in [5, 5.41) is 9.94. The maximum Gasteiger partial charge on any atom is 0.314 e. The Morgan fingerprint density at radius 3 is 2.41 bits per heavy atom. The van der Waals surface area contributed by atoms with Gasteiger partial charge in [0.15, 0.2) is 0 Å². The molecule has 0 radical (unpaired) electrons. The largest absolute Gasteiger partial charge is 0.497 e. The minimum Gasteiger partial charge on any atom is -0.497 e. The summed E-state index contributed by atoms with van der Waals surface area (Å²) in [5.74, 6) is 0.0693. The van der Waals surface area contributed by atoms with Gasteiger partial charge in [0.2, 0.25) is 0 Å². The molecule has 0 bridgehead atoms. The minimum absolute atomic E-state index is 0.684. The molecule has 0 amide bonds. The molecule has 1 N–H and O–H groups in total. The van der Waals surface area contributed by atoms with E-state index in [1.54, 1.807) is 7.11 Å². The molecule has 4 heteroatoms. The molecule has 22 heavy (non-hydrogen) atoms. The van der Waals surface area contributed by atoms with Crippen LogP contribution in [0, 0.1) is 0 Å². The van der Waals surface area contributed by atoms with Crippen LogP contribution in [0.4, 0.5) is 5.69 Å². The van der Waals surface area contributed by atoms with Crippen LogP contribution in [0.1, 0.15) is 50.5 Å². The van der Waals surface area contributed by atoms with Gasteiger partial charge >= 0.3 is 5.97 Å². The van der Waals surface area contributed by atoms with Crippen LogP contribution in [0.2, 0.25) is 0 Å². The van der Waals surface area contributed by atoms with Gasteiger partial charge < -0.3 is 14.7 Å². The molecule has 0 spiro atoms. The van der Waals surface area contributed by atoms with Gasteiger partial charge in [0, 0.05) is 18.8 Å². The Labute approximate surface area is 132 Å². The highest BCUT2D eigenvalue weighted by Crippen LogP contribution is 2.46. The topological polar surface area (TPSA) is 49.8 Å². The molecule has 1 aliphatic heterocycles. The number of methoxy groups -OCH3 is 1. The van der Waals surface area contributed by atoms with Crippen LogP contribution in [0.15, 0.2) is 18.2 Å². The average Bonchev–Trinajstić information content (AvgIpc) is 3.06. The predicted octanol–water partition coefficient (Wildman–Crippen LogP) is 3.58. The fourth-order valence-corrected chi connectivity index (χ4v) is 4.01. The van der Waals surface area contributed by atoms with E-state index in [0.29, 0.717) is 0 Å². The first-order valence-corrected chi connectivity index (χ1v) is 8.34.